The Morgan fingerprint density at radius 1 is 1.04 bits per heavy atom. The molecule has 0 heterocycles. The summed E-state index contributed by atoms with van der Waals surface area (Å²) in [5.41, 5.74) is 0.314. The van der Waals surface area contributed by atoms with Gasteiger partial charge in [0.1, 0.15) is 5.75 Å². The molecule has 0 fully saturated rings. The first-order chi connectivity index (χ1) is 11.4. The van der Waals surface area contributed by atoms with Crippen LogP contribution >= 0.6 is 0 Å². The fourth-order valence-corrected chi connectivity index (χ4v) is 2.23. The SMILES string of the molecule is CCN(CC(=O)NC(C)C)C(=O)c1cc(OC)c(OC)cc1OC. The van der Waals surface area contributed by atoms with E-state index < -0.39 is 0 Å². The van der Waals surface area contributed by atoms with Gasteiger partial charge in [-0.1, -0.05) is 0 Å². The number of amides is 2. The second-order valence-electron chi connectivity index (χ2n) is 5.45. The van der Waals surface area contributed by atoms with Crippen LogP contribution in [0.1, 0.15) is 31.1 Å². The van der Waals surface area contributed by atoms with Crippen LogP contribution in [0.2, 0.25) is 0 Å². The Morgan fingerprint density at radius 2 is 1.58 bits per heavy atom. The van der Waals surface area contributed by atoms with Gasteiger partial charge in [-0.25, -0.2) is 0 Å². The van der Waals surface area contributed by atoms with Crippen LogP contribution in [0.25, 0.3) is 0 Å². The van der Waals surface area contributed by atoms with Gasteiger partial charge in [0, 0.05) is 24.7 Å². The number of likely N-dealkylation sites (N-methyl/N-ethyl adjacent to an activating group) is 1. The van der Waals surface area contributed by atoms with Crippen molar-refractivity contribution in [2.45, 2.75) is 26.8 Å². The molecule has 1 rings (SSSR count). The van der Waals surface area contributed by atoms with E-state index in [1.807, 2.05) is 20.8 Å². The summed E-state index contributed by atoms with van der Waals surface area (Å²) in [7, 11) is 4.47. The molecule has 0 unspecified atom stereocenters. The van der Waals surface area contributed by atoms with Crippen molar-refractivity contribution < 1.29 is 23.8 Å². The molecule has 0 aliphatic heterocycles. The maximum absolute atomic E-state index is 12.8. The minimum atomic E-state index is -0.311. The van der Waals surface area contributed by atoms with Gasteiger partial charge in [0.25, 0.3) is 5.91 Å². The van der Waals surface area contributed by atoms with Gasteiger partial charge in [-0.15, -0.1) is 0 Å². The number of nitrogens with zero attached hydrogens (tertiary/aromatic N) is 1. The Morgan fingerprint density at radius 3 is 2.04 bits per heavy atom. The molecule has 7 nitrogen and oxygen atoms in total. The summed E-state index contributed by atoms with van der Waals surface area (Å²) in [5, 5.41) is 2.77. The van der Waals surface area contributed by atoms with E-state index >= 15 is 0 Å². The van der Waals surface area contributed by atoms with Crippen LogP contribution in [0.4, 0.5) is 0 Å². The van der Waals surface area contributed by atoms with E-state index in [1.54, 1.807) is 12.1 Å². The van der Waals surface area contributed by atoms with Gasteiger partial charge in [-0.05, 0) is 20.8 Å². The molecule has 0 atom stereocenters. The molecule has 0 aliphatic rings. The summed E-state index contributed by atoms with van der Waals surface area (Å²) >= 11 is 0. The average Bonchev–Trinajstić information content (AvgIpc) is 2.56. The smallest absolute Gasteiger partial charge is 0.258 e. The maximum Gasteiger partial charge on any atom is 0.258 e. The number of carbonyl (C=O) groups excluding carboxylic acids is 2. The van der Waals surface area contributed by atoms with Gasteiger partial charge in [0.15, 0.2) is 11.5 Å². The van der Waals surface area contributed by atoms with Gasteiger partial charge >= 0.3 is 0 Å². The minimum absolute atomic E-state index is 0.0157. The van der Waals surface area contributed by atoms with E-state index in [4.69, 9.17) is 14.2 Å². The third-order valence-corrected chi connectivity index (χ3v) is 3.39. The molecule has 1 aromatic carbocycles. The van der Waals surface area contributed by atoms with Crippen LogP contribution in [-0.4, -0.2) is 57.2 Å². The Bertz CT molecular complexity index is 587. The summed E-state index contributed by atoms with van der Waals surface area (Å²) in [6.45, 7) is 5.92. The lowest BCUT2D eigenvalue weighted by Gasteiger charge is -2.23. The maximum atomic E-state index is 12.8. The fraction of sp³-hybridized carbons (Fsp3) is 0.529. The molecule has 24 heavy (non-hydrogen) atoms. The Balaban J connectivity index is 3.12. The topological polar surface area (TPSA) is 77.1 Å². The van der Waals surface area contributed by atoms with Crippen LogP contribution in [0.3, 0.4) is 0 Å². The zero-order chi connectivity index (χ0) is 18.3. The third-order valence-electron chi connectivity index (χ3n) is 3.39. The van der Waals surface area contributed by atoms with Gasteiger partial charge < -0.3 is 24.4 Å². The number of nitrogens with one attached hydrogen (secondary N) is 1. The summed E-state index contributed by atoms with van der Waals surface area (Å²) in [4.78, 5) is 26.2. The number of hydrogen-bond donors (Lipinski definition) is 1. The molecule has 2 amide bonds. The largest absolute Gasteiger partial charge is 0.496 e. The number of carbonyl (C=O) groups is 2. The highest BCUT2D eigenvalue weighted by Crippen LogP contribution is 2.35. The van der Waals surface area contributed by atoms with Crippen molar-refractivity contribution in [2.75, 3.05) is 34.4 Å². The molecule has 0 aliphatic carbocycles. The molecule has 0 radical (unpaired) electrons. The Kier molecular flexibility index (Phi) is 7.35. The molecule has 0 spiro atoms. The molecule has 0 saturated heterocycles. The van der Waals surface area contributed by atoms with E-state index in [-0.39, 0.29) is 24.4 Å². The van der Waals surface area contributed by atoms with E-state index in [0.717, 1.165) is 0 Å². The second kappa shape index (κ2) is 9.00. The van der Waals surface area contributed by atoms with Crippen LogP contribution < -0.4 is 19.5 Å². The van der Waals surface area contributed by atoms with E-state index in [0.29, 0.717) is 29.4 Å². The molecule has 7 heteroatoms. The third kappa shape index (κ3) is 4.78. The quantitative estimate of drug-likeness (QED) is 0.781. The highest BCUT2D eigenvalue weighted by molar-refractivity contribution is 5.99. The predicted molar refractivity (Wildman–Crippen MR) is 91.0 cm³/mol. The Labute approximate surface area is 142 Å². The van der Waals surface area contributed by atoms with Crippen LogP contribution in [0, 0.1) is 0 Å². The lowest BCUT2D eigenvalue weighted by Crippen LogP contribution is -2.42. The zero-order valence-corrected chi connectivity index (χ0v) is 15.1. The number of hydrogen-bond acceptors (Lipinski definition) is 5. The summed E-state index contributed by atoms with van der Waals surface area (Å²) in [6.07, 6.45) is 0. The average molecular weight is 338 g/mol. The lowest BCUT2D eigenvalue weighted by atomic mass is 10.1. The fourth-order valence-electron chi connectivity index (χ4n) is 2.23. The monoisotopic (exact) mass is 338 g/mol. The first kappa shape index (κ1) is 19.6. The van der Waals surface area contributed by atoms with Crippen LogP contribution in [-0.2, 0) is 4.79 Å². The van der Waals surface area contributed by atoms with E-state index in [1.165, 1.54) is 26.2 Å². The molecule has 1 N–H and O–H groups in total. The number of rotatable bonds is 8. The molecule has 0 saturated carbocycles. The Hall–Kier alpha value is -2.44. The first-order valence-electron chi connectivity index (χ1n) is 7.76. The van der Waals surface area contributed by atoms with E-state index in [2.05, 4.69) is 5.32 Å². The van der Waals surface area contributed by atoms with Crippen molar-refractivity contribution >= 4 is 11.8 Å². The minimum Gasteiger partial charge on any atom is -0.496 e. The number of methoxy groups -OCH3 is 3. The predicted octanol–water partition coefficient (Wildman–Crippen LogP) is 1.70. The molecular formula is C17H26N2O5. The molecule has 0 aromatic heterocycles. The van der Waals surface area contributed by atoms with Crippen LogP contribution in [0.15, 0.2) is 12.1 Å². The molecular weight excluding hydrogens is 312 g/mol. The summed E-state index contributed by atoms with van der Waals surface area (Å²) < 4.78 is 15.7. The first-order valence-corrected chi connectivity index (χ1v) is 7.76. The lowest BCUT2D eigenvalue weighted by molar-refractivity contribution is -0.122. The number of benzene rings is 1. The normalized spacial score (nSPS) is 10.3. The summed E-state index contributed by atoms with van der Waals surface area (Å²) in [6, 6.07) is 3.17. The molecule has 0 bridgehead atoms. The van der Waals surface area contributed by atoms with Crippen LogP contribution in [0.5, 0.6) is 17.2 Å². The molecule has 1 aromatic rings. The van der Waals surface area contributed by atoms with Crippen molar-refractivity contribution in [3.05, 3.63) is 17.7 Å². The van der Waals surface area contributed by atoms with Gasteiger partial charge in [0.05, 0.1) is 33.4 Å². The highest BCUT2D eigenvalue weighted by atomic mass is 16.5. The van der Waals surface area contributed by atoms with Gasteiger partial charge in [-0.2, -0.15) is 0 Å². The zero-order valence-electron chi connectivity index (χ0n) is 15.1. The molecule has 134 valence electrons. The standard InChI is InChI=1S/C17H26N2O5/c1-7-19(10-16(20)18-11(2)3)17(21)12-8-14(23-5)15(24-6)9-13(12)22-4/h8-9,11H,7,10H2,1-6H3,(H,18,20). The van der Waals surface area contributed by atoms with Crippen molar-refractivity contribution in [1.29, 1.82) is 0 Å². The van der Waals surface area contributed by atoms with Crippen molar-refractivity contribution in [3.8, 4) is 17.2 Å². The van der Waals surface area contributed by atoms with Crippen molar-refractivity contribution in [1.82, 2.24) is 10.2 Å². The van der Waals surface area contributed by atoms with E-state index in [9.17, 15) is 9.59 Å². The van der Waals surface area contributed by atoms with Gasteiger partial charge in [0.2, 0.25) is 5.91 Å². The van der Waals surface area contributed by atoms with Gasteiger partial charge in [-0.3, -0.25) is 9.59 Å². The summed E-state index contributed by atoms with van der Waals surface area (Å²) in [5.74, 6) is 0.727. The second-order valence-corrected chi connectivity index (χ2v) is 5.45. The highest BCUT2D eigenvalue weighted by Gasteiger charge is 2.23. The van der Waals surface area contributed by atoms with Crippen molar-refractivity contribution in [3.63, 3.8) is 0 Å². The number of ether oxygens (including phenoxy) is 3. The van der Waals surface area contributed by atoms with Crippen molar-refractivity contribution in [2.24, 2.45) is 0 Å².